The molecule has 0 spiro atoms. The Morgan fingerprint density at radius 3 is 2.59 bits per heavy atom. The second-order valence-electron chi connectivity index (χ2n) is 7.20. The molecule has 0 atom stereocenters. The summed E-state index contributed by atoms with van der Waals surface area (Å²) in [6, 6.07) is 5.57. The number of rotatable bonds is 3. The first-order valence-electron chi connectivity index (χ1n) is 9.55. The highest BCUT2D eigenvalue weighted by atomic mass is 16.6. The van der Waals surface area contributed by atoms with Crippen LogP contribution in [-0.4, -0.2) is 57.5 Å². The van der Waals surface area contributed by atoms with Gasteiger partial charge in [-0.25, -0.2) is 4.79 Å². The van der Waals surface area contributed by atoms with Gasteiger partial charge in [0.05, 0.1) is 6.20 Å². The second kappa shape index (κ2) is 7.42. The molecule has 9 nitrogen and oxygen atoms in total. The number of pyridine rings is 1. The van der Waals surface area contributed by atoms with Gasteiger partial charge in [-0.1, -0.05) is 25.3 Å². The Morgan fingerprint density at radius 2 is 1.89 bits per heavy atom. The third-order valence-electron chi connectivity index (χ3n) is 5.46. The molecule has 27 heavy (non-hydrogen) atoms. The number of carbonyl (C=O) groups is 1. The number of hydrogen-bond donors (Lipinski definition) is 1. The molecule has 9 heteroatoms. The van der Waals surface area contributed by atoms with E-state index < -0.39 is 4.92 Å². The van der Waals surface area contributed by atoms with Gasteiger partial charge >= 0.3 is 11.8 Å². The average molecular weight is 372 g/mol. The summed E-state index contributed by atoms with van der Waals surface area (Å²) in [4.78, 5) is 31.8. The van der Waals surface area contributed by atoms with E-state index in [1.165, 1.54) is 23.7 Å². The number of hydrogen-bond acceptors (Lipinski definition) is 5. The molecule has 0 radical (unpaired) electrons. The summed E-state index contributed by atoms with van der Waals surface area (Å²) in [5, 5.41) is 14.7. The van der Waals surface area contributed by atoms with Crippen molar-refractivity contribution in [2.45, 2.75) is 38.1 Å². The molecule has 2 aromatic heterocycles. The number of nitrogens with one attached hydrogen (secondary N) is 1. The van der Waals surface area contributed by atoms with Crippen molar-refractivity contribution in [3.05, 3.63) is 34.5 Å². The van der Waals surface area contributed by atoms with E-state index in [1.807, 2.05) is 11.0 Å². The van der Waals surface area contributed by atoms with Crippen molar-refractivity contribution in [1.29, 1.82) is 0 Å². The van der Waals surface area contributed by atoms with E-state index in [0.717, 1.165) is 12.8 Å². The standard InChI is InChI=1S/C18H24N6O3/c25-18(19-14-6-2-1-3-7-14)22-12-10-21(11-13-22)16-17(24(26)27)23-9-5-4-8-15(23)20-16/h4-5,8-9,14H,1-3,6-7,10-13H2,(H,19,25). The molecule has 1 N–H and O–H groups in total. The van der Waals surface area contributed by atoms with Crippen LogP contribution in [0.4, 0.5) is 16.4 Å². The normalized spacial score (nSPS) is 18.7. The Morgan fingerprint density at radius 1 is 1.15 bits per heavy atom. The van der Waals surface area contributed by atoms with Gasteiger partial charge in [-0.05, 0) is 23.8 Å². The van der Waals surface area contributed by atoms with Crippen molar-refractivity contribution in [3.63, 3.8) is 0 Å². The van der Waals surface area contributed by atoms with Gasteiger partial charge in [-0.3, -0.25) is 0 Å². The average Bonchev–Trinajstić information content (AvgIpc) is 3.09. The summed E-state index contributed by atoms with van der Waals surface area (Å²) in [6.45, 7) is 2.12. The molecule has 144 valence electrons. The molecule has 1 saturated heterocycles. The van der Waals surface area contributed by atoms with Crippen molar-refractivity contribution in [1.82, 2.24) is 19.6 Å². The SMILES string of the molecule is O=C(NC1CCCCC1)N1CCN(c2nc3ccccn3c2[N+](=O)[O-])CC1. The van der Waals surface area contributed by atoms with Crippen LogP contribution in [0.3, 0.4) is 0 Å². The molecule has 0 unspecified atom stereocenters. The zero-order valence-electron chi connectivity index (χ0n) is 15.2. The van der Waals surface area contributed by atoms with Crippen LogP contribution in [0.5, 0.6) is 0 Å². The lowest BCUT2D eigenvalue weighted by molar-refractivity contribution is -0.389. The van der Waals surface area contributed by atoms with Gasteiger partial charge in [0.1, 0.15) is 0 Å². The van der Waals surface area contributed by atoms with Crippen molar-refractivity contribution in [2.24, 2.45) is 0 Å². The molecule has 0 aromatic carbocycles. The van der Waals surface area contributed by atoms with Crippen LogP contribution in [0.25, 0.3) is 5.65 Å². The van der Waals surface area contributed by atoms with Gasteiger partial charge in [-0.2, -0.15) is 9.38 Å². The third kappa shape index (κ3) is 3.54. The first-order chi connectivity index (χ1) is 13.1. The van der Waals surface area contributed by atoms with Gasteiger partial charge in [0, 0.05) is 38.3 Å². The fourth-order valence-electron chi connectivity index (χ4n) is 3.99. The first kappa shape index (κ1) is 17.6. The summed E-state index contributed by atoms with van der Waals surface area (Å²) in [6.07, 6.45) is 7.37. The number of nitro groups is 1. The molecule has 1 aliphatic heterocycles. The summed E-state index contributed by atoms with van der Waals surface area (Å²) < 4.78 is 1.50. The van der Waals surface area contributed by atoms with Crippen molar-refractivity contribution >= 4 is 23.3 Å². The zero-order valence-corrected chi connectivity index (χ0v) is 15.2. The lowest BCUT2D eigenvalue weighted by Crippen LogP contribution is -2.53. The lowest BCUT2D eigenvalue weighted by atomic mass is 9.96. The molecular weight excluding hydrogens is 348 g/mol. The largest absolute Gasteiger partial charge is 0.372 e. The lowest BCUT2D eigenvalue weighted by Gasteiger charge is -2.35. The van der Waals surface area contributed by atoms with Crippen molar-refractivity contribution in [2.75, 3.05) is 31.1 Å². The number of nitrogens with zero attached hydrogens (tertiary/aromatic N) is 5. The van der Waals surface area contributed by atoms with Crippen molar-refractivity contribution < 1.29 is 9.72 Å². The molecule has 0 bridgehead atoms. The van der Waals surface area contributed by atoms with Crippen LogP contribution in [0.15, 0.2) is 24.4 Å². The monoisotopic (exact) mass is 372 g/mol. The van der Waals surface area contributed by atoms with Crippen LogP contribution >= 0.6 is 0 Å². The maximum Gasteiger partial charge on any atom is 0.372 e. The Hall–Kier alpha value is -2.84. The summed E-state index contributed by atoms with van der Waals surface area (Å²) in [5.74, 6) is 0.351. The smallest absolute Gasteiger partial charge is 0.358 e. The van der Waals surface area contributed by atoms with E-state index in [-0.39, 0.29) is 17.9 Å². The molecular formula is C18H24N6O3. The summed E-state index contributed by atoms with van der Waals surface area (Å²) in [7, 11) is 0. The van der Waals surface area contributed by atoms with Gasteiger partial charge in [-0.15, -0.1) is 0 Å². The van der Waals surface area contributed by atoms with Gasteiger partial charge < -0.3 is 25.2 Å². The minimum atomic E-state index is -0.391. The summed E-state index contributed by atoms with van der Waals surface area (Å²) in [5.41, 5.74) is 0.552. The van der Waals surface area contributed by atoms with E-state index in [9.17, 15) is 14.9 Å². The number of carbonyl (C=O) groups excluding carboxylic acids is 1. The van der Waals surface area contributed by atoms with E-state index >= 15 is 0 Å². The second-order valence-corrected chi connectivity index (χ2v) is 7.20. The Kier molecular flexibility index (Phi) is 4.83. The highest BCUT2D eigenvalue weighted by Crippen LogP contribution is 2.29. The van der Waals surface area contributed by atoms with Gasteiger partial charge in [0.2, 0.25) is 11.5 Å². The minimum absolute atomic E-state index is 0.0222. The highest BCUT2D eigenvalue weighted by Gasteiger charge is 2.30. The first-order valence-corrected chi connectivity index (χ1v) is 9.55. The van der Waals surface area contributed by atoms with Crippen LogP contribution in [0.2, 0.25) is 0 Å². The molecule has 2 fully saturated rings. The van der Waals surface area contributed by atoms with Crippen molar-refractivity contribution in [3.8, 4) is 0 Å². The number of imidazole rings is 1. The van der Waals surface area contributed by atoms with Crippen LogP contribution in [0.1, 0.15) is 32.1 Å². The predicted molar refractivity (Wildman–Crippen MR) is 101 cm³/mol. The van der Waals surface area contributed by atoms with E-state index in [2.05, 4.69) is 10.3 Å². The molecule has 3 heterocycles. The number of urea groups is 1. The Bertz CT molecular complexity index is 837. The van der Waals surface area contributed by atoms with E-state index in [4.69, 9.17) is 0 Å². The number of amides is 2. The predicted octanol–water partition coefficient (Wildman–Crippen LogP) is 2.41. The zero-order chi connectivity index (χ0) is 18.8. The van der Waals surface area contributed by atoms with Gasteiger partial charge in [0.25, 0.3) is 0 Å². The number of fused-ring (bicyclic) bond motifs is 1. The summed E-state index contributed by atoms with van der Waals surface area (Å²) >= 11 is 0. The van der Waals surface area contributed by atoms with Gasteiger partial charge in [0.15, 0.2) is 0 Å². The molecule has 2 aliphatic rings. The molecule has 2 aromatic rings. The third-order valence-corrected chi connectivity index (χ3v) is 5.46. The molecule has 1 saturated carbocycles. The number of anilines is 1. The van der Waals surface area contributed by atoms with E-state index in [0.29, 0.717) is 37.6 Å². The number of aromatic nitrogens is 2. The molecule has 1 aliphatic carbocycles. The van der Waals surface area contributed by atoms with E-state index in [1.54, 1.807) is 23.2 Å². The topological polar surface area (TPSA) is 96.0 Å². The Balaban J connectivity index is 1.43. The maximum atomic E-state index is 12.5. The minimum Gasteiger partial charge on any atom is -0.358 e. The highest BCUT2D eigenvalue weighted by molar-refractivity contribution is 5.75. The fourth-order valence-corrected chi connectivity index (χ4v) is 3.99. The maximum absolute atomic E-state index is 12.5. The fraction of sp³-hybridized carbons (Fsp3) is 0.556. The van der Waals surface area contributed by atoms with Crippen LogP contribution in [0, 0.1) is 10.1 Å². The molecule has 2 amide bonds. The number of piperazine rings is 1. The van der Waals surface area contributed by atoms with Crippen LogP contribution in [-0.2, 0) is 0 Å². The van der Waals surface area contributed by atoms with Crippen LogP contribution < -0.4 is 10.2 Å². The quantitative estimate of drug-likeness (QED) is 0.659. The Labute approximate surface area is 157 Å². The molecule has 4 rings (SSSR count).